The molecule has 4 nitrogen and oxygen atoms in total. The minimum atomic E-state index is -0.361. The van der Waals surface area contributed by atoms with Crippen LogP contribution in [0.5, 0.6) is 0 Å². The van der Waals surface area contributed by atoms with Crippen LogP contribution in [0, 0.1) is 17.8 Å². The summed E-state index contributed by atoms with van der Waals surface area (Å²) in [6.45, 7) is 26.9. The fourth-order valence-electron chi connectivity index (χ4n) is 3.85. The van der Waals surface area contributed by atoms with Gasteiger partial charge >= 0.3 is 0 Å². The van der Waals surface area contributed by atoms with Gasteiger partial charge in [0.15, 0.2) is 5.84 Å². The van der Waals surface area contributed by atoms with Crippen molar-refractivity contribution in [2.75, 3.05) is 7.05 Å². The van der Waals surface area contributed by atoms with Crippen LogP contribution in [0.2, 0.25) is 10.0 Å². The highest BCUT2D eigenvalue weighted by atomic mass is 35.5. The minimum absolute atomic E-state index is 0.361. The SMILES string of the molecule is CC.CC.CC.CCC.CCc1c(C2=NC(=S)C(C)(C)N2C)nn(-c2ccc(Cl)cc2Cl)c1-c1ccc(C#CCC(C)C)s1. The quantitative estimate of drug-likeness (QED) is 0.199. The van der Waals surface area contributed by atoms with E-state index in [-0.39, 0.29) is 5.54 Å². The zero-order valence-electron chi connectivity index (χ0n) is 29.4. The average molecular weight is 678 g/mol. The van der Waals surface area contributed by atoms with Gasteiger partial charge in [0.1, 0.15) is 10.7 Å². The molecular weight excluding hydrogens is 623 g/mol. The molecule has 8 heteroatoms. The molecule has 1 aromatic carbocycles. The van der Waals surface area contributed by atoms with Crippen LogP contribution in [0.3, 0.4) is 0 Å². The third-order valence-corrected chi connectivity index (χ3v) is 8.27. The maximum absolute atomic E-state index is 6.66. The van der Waals surface area contributed by atoms with Crippen molar-refractivity contribution in [1.29, 1.82) is 0 Å². The second-order valence-corrected chi connectivity index (χ2v) is 12.5. The molecule has 4 rings (SSSR count). The third-order valence-electron chi connectivity index (χ3n) is 6.14. The Morgan fingerprint density at radius 1 is 0.977 bits per heavy atom. The predicted octanol–water partition coefficient (Wildman–Crippen LogP) is 12.2. The van der Waals surface area contributed by atoms with Crippen LogP contribution in [-0.4, -0.2) is 38.1 Å². The number of thiophene rings is 1. The Morgan fingerprint density at radius 3 is 2.05 bits per heavy atom. The number of amidine groups is 1. The van der Waals surface area contributed by atoms with Crippen LogP contribution >= 0.6 is 46.8 Å². The van der Waals surface area contributed by atoms with E-state index in [0.29, 0.717) is 21.0 Å². The van der Waals surface area contributed by atoms with Crippen molar-refractivity contribution in [1.82, 2.24) is 14.7 Å². The number of thiocarbonyl (C=S) groups is 1. The van der Waals surface area contributed by atoms with Crippen molar-refractivity contribution in [3.8, 4) is 28.1 Å². The second kappa shape index (κ2) is 20.8. The van der Waals surface area contributed by atoms with Gasteiger partial charge in [-0.1, -0.05) is 130 Å². The lowest BCUT2D eigenvalue weighted by molar-refractivity contribution is 0.363. The maximum atomic E-state index is 6.66. The molecule has 0 N–H and O–H groups in total. The molecule has 0 radical (unpaired) electrons. The summed E-state index contributed by atoms with van der Waals surface area (Å²) >= 11 is 20.1. The number of halogens is 2. The Bertz CT molecular complexity index is 1410. The molecule has 0 amide bonds. The highest BCUT2D eigenvalue weighted by Gasteiger charge is 2.40. The molecule has 0 bridgehead atoms. The van der Waals surface area contributed by atoms with Crippen LogP contribution < -0.4 is 0 Å². The number of hydrogen-bond acceptors (Lipinski definition) is 4. The van der Waals surface area contributed by atoms with E-state index in [2.05, 4.69) is 77.3 Å². The van der Waals surface area contributed by atoms with E-state index in [1.54, 1.807) is 17.4 Å². The van der Waals surface area contributed by atoms with Crippen LogP contribution in [0.15, 0.2) is 35.3 Å². The molecule has 0 unspecified atom stereocenters. The smallest absolute Gasteiger partial charge is 0.158 e. The van der Waals surface area contributed by atoms with Crippen molar-refractivity contribution >= 4 is 57.6 Å². The van der Waals surface area contributed by atoms with Gasteiger partial charge in [0, 0.05) is 24.1 Å². The molecule has 1 aliphatic heterocycles. The molecule has 44 heavy (non-hydrogen) atoms. The lowest BCUT2D eigenvalue weighted by atomic mass is 10.0. The number of benzene rings is 1. The maximum Gasteiger partial charge on any atom is 0.158 e. The number of aromatic nitrogens is 2. The van der Waals surface area contributed by atoms with Crippen LogP contribution in [0.4, 0.5) is 0 Å². The summed E-state index contributed by atoms with van der Waals surface area (Å²) in [5.74, 6) is 7.92. The van der Waals surface area contributed by atoms with Gasteiger partial charge in [0.2, 0.25) is 0 Å². The van der Waals surface area contributed by atoms with Crippen molar-refractivity contribution in [2.24, 2.45) is 10.9 Å². The Hall–Kier alpha value is -2.17. The van der Waals surface area contributed by atoms with Gasteiger partial charge in [-0.2, -0.15) is 5.10 Å². The fraction of sp³-hybridized carbons (Fsp3) is 0.528. The molecule has 0 spiro atoms. The number of rotatable bonds is 5. The first-order valence-corrected chi connectivity index (χ1v) is 18.0. The molecule has 3 heterocycles. The highest BCUT2D eigenvalue weighted by molar-refractivity contribution is 7.80. The lowest BCUT2D eigenvalue weighted by Gasteiger charge is -2.29. The summed E-state index contributed by atoms with van der Waals surface area (Å²) in [5, 5.41) is 6.18. The Labute approximate surface area is 288 Å². The first-order valence-electron chi connectivity index (χ1n) is 16.0. The summed E-state index contributed by atoms with van der Waals surface area (Å²) in [4.78, 5) is 9.62. The minimum Gasteiger partial charge on any atom is -0.346 e. The van der Waals surface area contributed by atoms with Crippen LogP contribution in [0.25, 0.3) is 16.3 Å². The summed E-state index contributed by atoms with van der Waals surface area (Å²) in [6.07, 6.45) is 2.89. The second-order valence-electron chi connectivity index (χ2n) is 10.2. The first-order chi connectivity index (χ1) is 21.0. The molecule has 0 saturated carbocycles. The fourth-order valence-corrected chi connectivity index (χ4v) is 5.50. The van der Waals surface area contributed by atoms with Gasteiger partial charge in [0.25, 0.3) is 0 Å². The predicted molar refractivity (Wildman–Crippen MR) is 204 cm³/mol. The van der Waals surface area contributed by atoms with Crippen molar-refractivity contribution in [2.45, 2.75) is 115 Å². The Kier molecular flexibility index (Phi) is 19.8. The van der Waals surface area contributed by atoms with E-state index in [1.807, 2.05) is 65.4 Å². The van der Waals surface area contributed by atoms with Crippen LogP contribution in [0.1, 0.15) is 119 Å². The van der Waals surface area contributed by atoms with Gasteiger partial charge in [-0.3, -0.25) is 0 Å². The Morgan fingerprint density at radius 2 is 1.57 bits per heavy atom. The summed E-state index contributed by atoms with van der Waals surface area (Å²) in [6, 6.07) is 9.65. The van der Waals surface area contributed by atoms with E-state index in [9.17, 15) is 0 Å². The van der Waals surface area contributed by atoms with Crippen molar-refractivity contribution in [3.63, 3.8) is 0 Å². The van der Waals surface area contributed by atoms with Gasteiger partial charge < -0.3 is 4.90 Å². The zero-order chi connectivity index (χ0) is 34.2. The summed E-state index contributed by atoms with van der Waals surface area (Å²) in [7, 11) is 2.01. The molecule has 0 fully saturated rings. The molecular formula is C36H54Cl2N4S2. The van der Waals surface area contributed by atoms with E-state index >= 15 is 0 Å². The molecule has 3 aromatic rings. The van der Waals surface area contributed by atoms with E-state index < -0.39 is 0 Å². The van der Waals surface area contributed by atoms with E-state index in [4.69, 9.17) is 45.5 Å². The van der Waals surface area contributed by atoms with Gasteiger partial charge in [-0.25, -0.2) is 9.67 Å². The van der Waals surface area contributed by atoms with E-state index in [0.717, 1.165) is 51.1 Å². The molecule has 1 aliphatic rings. The molecule has 0 saturated heterocycles. The average Bonchev–Trinajstić information content (AvgIpc) is 3.67. The molecule has 244 valence electrons. The molecule has 2 aromatic heterocycles. The molecule has 0 aliphatic carbocycles. The molecule has 0 atom stereocenters. The van der Waals surface area contributed by atoms with Gasteiger partial charge in [0.05, 0.1) is 31.7 Å². The lowest BCUT2D eigenvalue weighted by Crippen LogP contribution is -2.44. The number of nitrogens with zero attached hydrogens (tertiary/aromatic N) is 4. The number of aliphatic imine (C=N–C) groups is 1. The van der Waals surface area contributed by atoms with E-state index in [1.165, 1.54) is 6.42 Å². The monoisotopic (exact) mass is 676 g/mol. The van der Waals surface area contributed by atoms with Crippen molar-refractivity contribution in [3.05, 3.63) is 56.5 Å². The number of hydrogen-bond donors (Lipinski definition) is 0. The topological polar surface area (TPSA) is 33.4 Å². The summed E-state index contributed by atoms with van der Waals surface area (Å²) in [5.41, 5.74) is 3.28. The number of likely N-dealkylation sites (N-methyl/N-ethyl adjacent to an activating group) is 1. The normalized spacial score (nSPS) is 12.7. The third kappa shape index (κ3) is 10.4. The zero-order valence-corrected chi connectivity index (χ0v) is 32.6. The van der Waals surface area contributed by atoms with Crippen LogP contribution in [-0.2, 0) is 6.42 Å². The summed E-state index contributed by atoms with van der Waals surface area (Å²) < 4.78 is 1.91. The highest BCUT2D eigenvalue weighted by Crippen LogP contribution is 2.38. The first kappa shape index (κ1) is 41.8. The van der Waals surface area contributed by atoms with Gasteiger partial charge in [-0.05, 0) is 56.5 Å². The Balaban J connectivity index is 0.00000187. The largest absolute Gasteiger partial charge is 0.346 e. The van der Waals surface area contributed by atoms with Crippen molar-refractivity contribution < 1.29 is 0 Å². The van der Waals surface area contributed by atoms with Gasteiger partial charge in [-0.15, -0.1) is 11.3 Å². The standard InChI is InChI=1S/C27H28Cl2N4S2.C3H8.3C2H6/c1-7-19-23(25-30-26(34)27(4,5)32(25)6)31-33(21-13-11-17(28)15-20(21)29)24(19)22-14-12-18(35-22)10-8-9-16(2)3;1-3-2;3*1-2/h11-16H,7,9H2,1-6H3;3H2,1-2H3;3*1-2H3.